The van der Waals surface area contributed by atoms with Crippen molar-refractivity contribution in [2.45, 2.75) is 0 Å². The lowest BCUT2D eigenvalue weighted by Crippen LogP contribution is -1.97. The molecule has 4 aromatic heterocycles. The molecule has 45 heavy (non-hydrogen) atoms. The molecule has 0 atom stereocenters. The van der Waals surface area contributed by atoms with Gasteiger partial charge in [0.25, 0.3) is 0 Å². The van der Waals surface area contributed by atoms with E-state index in [0.717, 1.165) is 66.9 Å². The van der Waals surface area contributed by atoms with Gasteiger partial charge < -0.3 is 4.57 Å². The molecular formula is C40H27N5. The van der Waals surface area contributed by atoms with Crippen molar-refractivity contribution in [3.05, 3.63) is 146 Å². The molecular weight excluding hydrogens is 550 g/mol. The monoisotopic (exact) mass is 577 g/mol. The quantitative estimate of drug-likeness (QED) is 0.209. The molecule has 0 spiro atoms. The van der Waals surface area contributed by atoms with E-state index in [1.807, 2.05) is 36.7 Å². The molecule has 0 unspecified atom stereocenters. The molecule has 5 nitrogen and oxygen atoms in total. The number of fused-ring (bicyclic) bond motifs is 5. The van der Waals surface area contributed by atoms with E-state index in [9.17, 15) is 0 Å². The number of hydrogen-bond donors (Lipinski definition) is 0. The third kappa shape index (κ3) is 4.13. The summed E-state index contributed by atoms with van der Waals surface area (Å²) in [5, 5.41) is 4.75. The number of aryl methyl sites for hydroxylation is 1. The number of pyridine rings is 2. The van der Waals surface area contributed by atoms with Gasteiger partial charge in [-0.05, 0) is 82.6 Å². The maximum Gasteiger partial charge on any atom is 0.145 e. The molecule has 0 N–H and O–H groups in total. The minimum absolute atomic E-state index is 0.924. The van der Waals surface area contributed by atoms with Gasteiger partial charge in [-0.3, -0.25) is 9.55 Å². The number of aromatic nitrogens is 5. The molecule has 0 aliphatic rings. The van der Waals surface area contributed by atoms with Gasteiger partial charge in [0, 0.05) is 47.0 Å². The van der Waals surface area contributed by atoms with Crippen LogP contribution in [0.15, 0.2) is 146 Å². The van der Waals surface area contributed by atoms with Gasteiger partial charge in [0.2, 0.25) is 0 Å². The summed E-state index contributed by atoms with van der Waals surface area (Å²) in [6.07, 6.45) is 3.69. The van der Waals surface area contributed by atoms with Crippen LogP contribution in [0.5, 0.6) is 0 Å². The van der Waals surface area contributed by atoms with Gasteiger partial charge in [-0.25, -0.2) is 9.97 Å². The molecule has 5 heteroatoms. The maximum absolute atomic E-state index is 5.18. The second kappa shape index (κ2) is 10.00. The highest BCUT2D eigenvalue weighted by Gasteiger charge is 2.17. The summed E-state index contributed by atoms with van der Waals surface area (Å²) < 4.78 is 4.44. The van der Waals surface area contributed by atoms with Crippen molar-refractivity contribution in [1.29, 1.82) is 0 Å². The molecule has 9 aromatic rings. The zero-order valence-electron chi connectivity index (χ0n) is 24.6. The van der Waals surface area contributed by atoms with Crippen LogP contribution in [0.25, 0.3) is 83.2 Å². The highest BCUT2D eigenvalue weighted by Crippen LogP contribution is 2.36. The molecule has 0 fully saturated rings. The summed E-state index contributed by atoms with van der Waals surface area (Å²) in [6.45, 7) is 0. The van der Waals surface area contributed by atoms with E-state index in [1.165, 1.54) is 16.3 Å². The van der Waals surface area contributed by atoms with Crippen molar-refractivity contribution < 1.29 is 0 Å². The van der Waals surface area contributed by atoms with Crippen LogP contribution in [-0.4, -0.2) is 24.1 Å². The number of imidazole rings is 1. The topological polar surface area (TPSA) is 48.5 Å². The molecule has 0 radical (unpaired) electrons. The zero-order valence-corrected chi connectivity index (χ0v) is 24.6. The van der Waals surface area contributed by atoms with E-state index in [2.05, 4.69) is 130 Å². The van der Waals surface area contributed by atoms with Crippen LogP contribution in [0.2, 0.25) is 0 Å². The number of rotatable bonds is 4. The Hall–Kier alpha value is -6.07. The van der Waals surface area contributed by atoms with Gasteiger partial charge in [0.1, 0.15) is 11.5 Å². The first kappa shape index (κ1) is 25.4. The molecule has 0 aliphatic carbocycles. The highest BCUT2D eigenvalue weighted by molar-refractivity contribution is 6.09. The second-order valence-electron chi connectivity index (χ2n) is 11.5. The Kier molecular flexibility index (Phi) is 5.65. The lowest BCUT2D eigenvalue weighted by Gasteiger charge is -2.10. The van der Waals surface area contributed by atoms with Gasteiger partial charge in [0.05, 0.1) is 22.2 Å². The van der Waals surface area contributed by atoms with Crippen LogP contribution in [-0.2, 0) is 7.05 Å². The van der Waals surface area contributed by atoms with Crippen LogP contribution < -0.4 is 0 Å². The van der Waals surface area contributed by atoms with E-state index in [-0.39, 0.29) is 0 Å². The van der Waals surface area contributed by atoms with E-state index >= 15 is 0 Å². The minimum atomic E-state index is 0.924. The fourth-order valence-electron chi connectivity index (χ4n) is 6.59. The van der Waals surface area contributed by atoms with Gasteiger partial charge >= 0.3 is 0 Å². The third-order valence-electron chi connectivity index (χ3n) is 8.81. The van der Waals surface area contributed by atoms with Crippen molar-refractivity contribution in [2.24, 2.45) is 7.05 Å². The van der Waals surface area contributed by atoms with Gasteiger partial charge in [-0.2, -0.15) is 0 Å². The smallest absolute Gasteiger partial charge is 0.145 e. The lowest BCUT2D eigenvalue weighted by atomic mass is 10.0. The van der Waals surface area contributed by atoms with Crippen LogP contribution in [0.3, 0.4) is 0 Å². The van der Waals surface area contributed by atoms with E-state index in [1.54, 1.807) is 0 Å². The Labute approximate surface area is 259 Å². The van der Waals surface area contributed by atoms with Crippen LogP contribution in [0, 0.1) is 0 Å². The van der Waals surface area contributed by atoms with Crippen molar-refractivity contribution in [3.63, 3.8) is 0 Å². The lowest BCUT2D eigenvalue weighted by molar-refractivity contribution is 0.959. The number of hydrogen-bond acceptors (Lipinski definition) is 3. The first-order valence-corrected chi connectivity index (χ1v) is 15.1. The predicted molar refractivity (Wildman–Crippen MR) is 184 cm³/mol. The van der Waals surface area contributed by atoms with Crippen LogP contribution >= 0.6 is 0 Å². The number of nitrogens with zero attached hydrogens (tertiary/aromatic N) is 5. The average molecular weight is 578 g/mol. The van der Waals surface area contributed by atoms with Crippen LogP contribution in [0.4, 0.5) is 0 Å². The molecule has 4 heterocycles. The molecule has 0 aliphatic heterocycles. The van der Waals surface area contributed by atoms with Crippen molar-refractivity contribution in [3.8, 4) is 39.5 Å². The SMILES string of the molecule is Cn1c(-c2ccc3c4cccnc4n(-c4cccc(-c5ccccn5)c4)c3c2)nc2cc(-c3ccc4ccccc4c3)ccc21. The Morgan fingerprint density at radius 3 is 2.24 bits per heavy atom. The Bertz CT molecular complexity index is 2560. The third-order valence-corrected chi connectivity index (χ3v) is 8.81. The minimum Gasteiger partial charge on any atom is -0.327 e. The van der Waals surface area contributed by atoms with Crippen molar-refractivity contribution >= 4 is 43.7 Å². The summed E-state index contributed by atoms with van der Waals surface area (Å²) in [7, 11) is 2.10. The van der Waals surface area contributed by atoms with Crippen molar-refractivity contribution in [1.82, 2.24) is 24.1 Å². The molecule has 0 amide bonds. The fourth-order valence-corrected chi connectivity index (χ4v) is 6.59. The molecule has 0 saturated carbocycles. The Balaban J connectivity index is 1.19. The molecule has 212 valence electrons. The number of benzene rings is 5. The normalized spacial score (nSPS) is 11.7. The highest BCUT2D eigenvalue weighted by atomic mass is 15.1. The summed E-state index contributed by atoms with van der Waals surface area (Å²) >= 11 is 0. The fraction of sp³-hybridized carbons (Fsp3) is 0.0250. The Morgan fingerprint density at radius 1 is 0.511 bits per heavy atom. The van der Waals surface area contributed by atoms with Gasteiger partial charge in [-0.1, -0.05) is 72.8 Å². The van der Waals surface area contributed by atoms with Gasteiger partial charge in [0.15, 0.2) is 0 Å². The predicted octanol–water partition coefficient (Wildman–Crippen LogP) is 9.61. The van der Waals surface area contributed by atoms with E-state index in [4.69, 9.17) is 9.97 Å². The largest absolute Gasteiger partial charge is 0.327 e. The summed E-state index contributed by atoms with van der Waals surface area (Å²) in [5.41, 5.74) is 10.5. The van der Waals surface area contributed by atoms with Crippen LogP contribution in [0.1, 0.15) is 0 Å². The average Bonchev–Trinajstić information content (AvgIpc) is 3.62. The summed E-state index contributed by atoms with van der Waals surface area (Å²) in [6, 6.07) is 47.0. The molecule has 0 bridgehead atoms. The van der Waals surface area contributed by atoms with Crippen molar-refractivity contribution in [2.75, 3.05) is 0 Å². The van der Waals surface area contributed by atoms with Gasteiger partial charge in [-0.15, -0.1) is 0 Å². The first-order chi connectivity index (χ1) is 22.2. The first-order valence-electron chi connectivity index (χ1n) is 15.1. The second-order valence-corrected chi connectivity index (χ2v) is 11.5. The molecule has 5 aromatic carbocycles. The van der Waals surface area contributed by atoms with E-state index in [0.29, 0.717) is 0 Å². The Morgan fingerprint density at radius 2 is 1.33 bits per heavy atom. The zero-order chi connectivity index (χ0) is 29.9. The van der Waals surface area contributed by atoms with E-state index < -0.39 is 0 Å². The summed E-state index contributed by atoms with van der Waals surface area (Å²) in [5.74, 6) is 0.926. The molecule has 0 saturated heterocycles. The standard InChI is InChI=1S/C40H27N5/c1-44-37-19-17-29(28-15-14-26-8-2-3-9-27(26)22-28)24-36(37)43-39(44)31-16-18-33-34-12-7-21-42-40(34)45(38(33)25-31)32-11-6-10-30(23-32)35-13-4-5-20-41-35/h2-25H,1H3. The maximum atomic E-state index is 5.18. The molecule has 9 rings (SSSR count). The summed E-state index contributed by atoms with van der Waals surface area (Å²) in [4.78, 5) is 14.6.